The van der Waals surface area contributed by atoms with Crippen LogP contribution in [0.3, 0.4) is 0 Å². The molecule has 2 aliphatic rings. The summed E-state index contributed by atoms with van der Waals surface area (Å²) >= 11 is 12.8. The smallest absolute Gasteiger partial charge is 0.413 e. The first-order valence-corrected chi connectivity index (χ1v) is 17.2. The van der Waals surface area contributed by atoms with Crippen molar-refractivity contribution >= 4 is 64.1 Å². The summed E-state index contributed by atoms with van der Waals surface area (Å²) in [5.41, 5.74) is 1.94. The molecule has 9 nitrogen and oxygen atoms in total. The quantitative estimate of drug-likeness (QED) is 0.201. The molecule has 0 unspecified atom stereocenters. The Morgan fingerprint density at radius 3 is 2.45 bits per heavy atom. The number of hydrogen-bond acceptors (Lipinski definition) is 9. The molecule has 1 aliphatic carbocycles. The molecular formula is C31H38Cl2N6O3S2. The number of amides is 1. The van der Waals surface area contributed by atoms with Crippen molar-refractivity contribution in [2.24, 2.45) is 5.41 Å². The Bertz CT molecular complexity index is 1510. The molecule has 236 valence electrons. The Balaban J connectivity index is 1.26. The average Bonchev–Trinajstić information content (AvgIpc) is 3.23. The molecule has 1 spiro atoms. The number of pyridine rings is 1. The first-order chi connectivity index (χ1) is 20.6. The molecule has 1 saturated heterocycles. The fourth-order valence-corrected chi connectivity index (χ4v) is 7.77. The maximum absolute atomic E-state index is 13.2. The van der Waals surface area contributed by atoms with Crippen LogP contribution in [0.2, 0.25) is 10.2 Å². The highest BCUT2D eigenvalue weighted by molar-refractivity contribution is 7.99. The van der Waals surface area contributed by atoms with Gasteiger partial charge in [-0.15, -0.1) is 4.72 Å². The monoisotopic (exact) mass is 676 g/mol. The second kappa shape index (κ2) is 12.8. The maximum Gasteiger partial charge on any atom is 0.413 e. The maximum atomic E-state index is 13.2. The summed E-state index contributed by atoms with van der Waals surface area (Å²) in [5.74, 6) is 1.02. The fourth-order valence-electron chi connectivity index (χ4n) is 5.57. The predicted octanol–water partition coefficient (Wildman–Crippen LogP) is 7.61. The molecule has 0 radical (unpaired) electrons. The van der Waals surface area contributed by atoms with Crippen LogP contribution in [0.4, 0.5) is 16.4 Å². The lowest BCUT2D eigenvalue weighted by Gasteiger charge is -2.44. The van der Waals surface area contributed by atoms with Gasteiger partial charge < -0.3 is 14.2 Å². The molecule has 3 aromatic rings. The Labute approximate surface area is 276 Å². The first kappa shape index (κ1) is 33.1. The zero-order valence-corrected chi connectivity index (χ0v) is 28.9. The number of anilines is 2. The summed E-state index contributed by atoms with van der Waals surface area (Å²) in [6.07, 6.45) is 5.69. The van der Waals surface area contributed by atoms with E-state index in [1.807, 2.05) is 20.8 Å². The topological polar surface area (TPSA) is 115 Å². The van der Waals surface area contributed by atoms with Crippen molar-refractivity contribution in [3.63, 3.8) is 0 Å². The lowest BCUT2D eigenvalue weighted by molar-refractivity contribution is 0.0635. The summed E-state index contributed by atoms with van der Waals surface area (Å²) in [6, 6.07) is 10.2. The van der Waals surface area contributed by atoms with Crippen molar-refractivity contribution in [3.05, 3.63) is 64.0 Å². The van der Waals surface area contributed by atoms with Gasteiger partial charge in [0.05, 0.1) is 23.5 Å². The Morgan fingerprint density at radius 2 is 1.82 bits per heavy atom. The number of carbonyl (C=O) groups excluding carboxylic acids is 1. The number of nitrogens with one attached hydrogen (secondary N) is 2. The third kappa shape index (κ3) is 7.57. The van der Waals surface area contributed by atoms with Gasteiger partial charge in [-0.1, -0.05) is 59.2 Å². The first-order valence-electron chi connectivity index (χ1n) is 14.5. The highest BCUT2D eigenvalue weighted by atomic mass is 35.5. The van der Waals surface area contributed by atoms with E-state index in [0.29, 0.717) is 9.92 Å². The van der Waals surface area contributed by atoms with Gasteiger partial charge in [-0.25, -0.2) is 19.7 Å². The standard InChI is InChI=1S/C31H38Cl2N6O3S2/c1-29(2,3)42-28(40)37-22-15-21(25(32)27(33)36-22)43-24-18-34-23(17-35-24)39-13-11-31(12-14-39)16-19-9-7-8-10-20(19)26(31)38-44(41)30(4,5)6/h7-10,15,17-18,26,38H,11-14,16H2,1-6H3,(H,36,37,40)/t26-,44-/m1/s1. The molecule has 1 aromatic carbocycles. The summed E-state index contributed by atoms with van der Waals surface area (Å²) in [7, 11) is 0. The van der Waals surface area contributed by atoms with Crippen molar-refractivity contribution in [3.8, 4) is 0 Å². The van der Waals surface area contributed by atoms with Crippen molar-refractivity contribution in [2.45, 2.75) is 87.1 Å². The highest BCUT2D eigenvalue weighted by Gasteiger charge is 2.50. The zero-order valence-electron chi connectivity index (χ0n) is 25.7. The van der Waals surface area contributed by atoms with Crippen molar-refractivity contribution in [2.75, 3.05) is 23.3 Å². The summed E-state index contributed by atoms with van der Waals surface area (Å²) in [6.45, 7) is 13.0. The van der Waals surface area contributed by atoms with Crippen LogP contribution < -0.4 is 14.9 Å². The van der Waals surface area contributed by atoms with Gasteiger partial charge in [0.1, 0.15) is 27.0 Å². The molecule has 2 N–H and O–H groups in total. The molecule has 0 saturated carbocycles. The molecule has 13 heteroatoms. The molecule has 44 heavy (non-hydrogen) atoms. The molecule has 1 amide bonds. The van der Waals surface area contributed by atoms with Gasteiger partial charge in [0.15, 0.2) is 5.15 Å². The van der Waals surface area contributed by atoms with Gasteiger partial charge in [-0.05, 0) is 78.0 Å². The fraction of sp³-hybridized carbons (Fsp3) is 0.484. The molecule has 1 fully saturated rings. The normalized spacial score (nSPS) is 18.7. The second-order valence-corrected chi connectivity index (χ2v) is 17.0. The van der Waals surface area contributed by atoms with Gasteiger partial charge >= 0.3 is 6.09 Å². The number of halogens is 2. The van der Waals surface area contributed by atoms with Crippen LogP contribution in [0.25, 0.3) is 0 Å². The number of nitrogens with zero attached hydrogens (tertiary/aromatic N) is 4. The van der Waals surface area contributed by atoms with E-state index in [0.717, 1.165) is 38.2 Å². The minimum absolute atomic E-state index is 0.00722. The van der Waals surface area contributed by atoms with Crippen LogP contribution in [0, 0.1) is 5.41 Å². The second-order valence-electron chi connectivity index (χ2n) is 13.2. The highest BCUT2D eigenvalue weighted by Crippen LogP contribution is 2.53. The number of carbonyl (C=O) groups is 1. The Kier molecular flexibility index (Phi) is 9.66. The van der Waals surface area contributed by atoms with E-state index in [1.54, 1.807) is 39.2 Å². The van der Waals surface area contributed by atoms with Crippen LogP contribution in [0.5, 0.6) is 0 Å². The minimum Gasteiger partial charge on any atom is -0.598 e. The average molecular weight is 678 g/mol. The Morgan fingerprint density at radius 1 is 1.11 bits per heavy atom. The minimum atomic E-state index is -1.18. The van der Waals surface area contributed by atoms with Crippen LogP contribution in [0.1, 0.15) is 71.6 Å². The molecular weight excluding hydrogens is 639 g/mol. The van der Waals surface area contributed by atoms with Crippen molar-refractivity contribution in [1.82, 2.24) is 19.7 Å². The zero-order chi connectivity index (χ0) is 31.9. The molecule has 0 bridgehead atoms. The number of fused-ring (bicyclic) bond motifs is 1. The summed E-state index contributed by atoms with van der Waals surface area (Å²) < 4.78 is 21.7. The largest absolute Gasteiger partial charge is 0.598 e. The van der Waals surface area contributed by atoms with E-state index in [9.17, 15) is 9.35 Å². The lowest BCUT2D eigenvalue weighted by Crippen LogP contribution is -2.49. The van der Waals surface area contributed by atoms with Gasteiger partial charge in [0.2, 0.25) is 0 Å². The predicted molar refractivity (Wildman–Crippen MR) is 178 cm³/mol. The number of ether oxygens (including phenoxy) is 1. The van der Waals surface area contributed by atoms with Crippen LogP contribution in [-0.4, -0.2) is 49.0 Å². The van der Waals surface area contributed by atoms with Crippen molar-refractivity contribution in [1.29, 1.82) is 0 Å². The molecule has 5 rings (SSSR count). The van der Waals surface area contributed by atoms with E-state index < -0.39 is 23.1 Å². The van der Waals surface area contributed by atoms with Gasteiger partial charge in [-0.2, -0.15) is 0 Å². The number of piperidine rings is 1. The summed E-state index contributed by atoms with van der Waals surface area (Å²) in [5, 5.41) is 3.53. The van der Waals surface area contributed by atoms with Crippen molar-refractivity contribution < 1.29 is 14.1 Å². The summed E-state index contributed by atoms with van der Waals surface area (Å²) in [4.78, 5) is 28.5. The third-order valence-corrected chi connectivity index (χ3v) is 11.1. The number of hydrogen-bond donors (Lipinski definition) is 2. The Hall–Kier alpha value is -2.28. The van der Waals surface area contributed by atoms with Crippen LogP contribution in [-0.2, 0) is 22.5 Å². The number of benzene rings is 1. The van der Waals surface area contributed by atoms with Crippen LogP contribution in [0.15, 0.2) is 52.6 Å². The SMILES string of the molecule is CC(C)(C)OC(=O)Nc1cc(Sc2cnc(N3CCC4(CC3)Cc3ccccc3[C@H]4N[S@+]([O-])C(C)(C)C)cn2)c(Cl)c(Cl)n1. The molecule has 2 aromatic heterocycles. The third-order valence-electron chi connectivity index (χ3n) is 7.73. The lowest BCUT2D eigenvalue weighted by atomic mass is 9.73. The van der Waals surface area contributed by atoms with E-state index in [2.05, 4.69) is 49.2 Å². The number of rotatable bonds is 6. The molecule has 3 heterocycles. The van der Waals surface area contributed by atoms with E-state index in [-0.39, 0.29) is 32.2 Å². The van der Waals surface area contributed by atoms with Gasteiger partial charge in [-0.3, -0.25) is 5.32 Å². The van der Waals surface area contributed by atoms with Gasteiger partial charge in [0.25, 0.3) is 0 Å². The van der Waals surface area contributed by atoms with E-state index in [4.69, 9.17) is 32.9 Å². The van der Waals surface area contributed by atoms with Gasteiger partial charge in [0, 0.05) is 34.8 Å². The van der Waals surface area contributed by atoms with E-state index in [1.165, 1.54) is 22.9 Å². The molecule has 1 aliphatic heterocycles. The number of aromatic nitrogens is 3. The van der Waals surface area contributed by atoms with E-state index >= 15 is 0 Å². The molecule has 2 atom stereocenters. The van der Waals surface area contributed by atoms with Crippen LogP contribution >= 0.6 is 35.0 Å².